The number of rotatable bonds is 8. The summed E-state index contributed by atoms with van der Waals surface area (Å²) in [5.41, 5.74) is 1.10. The van der Waals surface area contributed by atoms with Crippen LogP contribution < -0.4 is 9.47 Å². The fourth-order valence-corrected chi connectivity index (χ4v) is 4.42. The summed E-state index contributed by atoms with van der Waals surface area (Å²) in [4.78, 5) is 48.3. The highest BCUT2D eigenvalue weighted by Crippen LogP contribution is 2.39. The highest BCUT2D eigenvalue weighted by molar-refractivity contribution is 9.10. The molecule has 178 valence electrons. The lowest BCUT2D eigenvalue weighted by molar-refractivity contribution is -0.384. The van der Waals surface area contributed by atoms with Crippen LogP contribution in [0.5, 0.6) is 11.5 Å². The summed E-state index contributed by atoms with van der Waals surface area (Å²) in [5.74, 6) is -0.589. The number of nitro benzene ring substituents is 1. The fraction of sp³-hybridized carbons (Fsp3) is 0.227. The van der Waals surface area contributed by atoms with Crippen LogP contribution in [0.4, 0.5) is 10.5 Å². The zero-order valence-corrected chi connectivity index (χ0v) is 20.7. The molecule has 34 heavy (non-hydrogen) atoms. The van der Waals surface area contributed by atoms with E-state index in [9.17, 15) is 24.5 Å². The van der Waals surface area contributed by atoms with Crippen LogP contribution in [0.25, 0.3) is 6.08 Å². The van der Waals surface area contributed by atoms with Gasteiger partial charge in [-0.2, -0.15) is 0 Å². The summed E-state index contributed by atoms with van der Waals surface area (Å²) in [6.07, 6.45) is 1.51. The molecule has 10 nitrogen and oxygen atoms in total. The van der Waals surface area contributed by atoms with Gasteiger partial charge in [0.2, 0.25) is 0 Å². The van der Waals surface area contributed by atoms with Gasteiger partial charge in [-0.05, 0) is 48.0 Å². The number of esters is 1. The van der Waals surface area contributed by atoms with Crippen molar-refractivity contribution in [3.05, 3.63) is 67.0 Å². The highest BCUT2D eigenvalue weighted by atomic mass is 79.9. The van der Waals surface area contributed by atoms with Crippen molar-refractivity contribution in [1.29, 1.82) is 0 Å². The molecule has 2 aromatic carbocycles. The van der Waals surface area contributed by atoms with E-state index in [0.29, 0.717) is 38.9 Å². The lowest BCUT2D eigenvalue weighted by atomic mass is 10.1. The van der Waals surface area contributed by atoms with E-state index in [-0.39, 0.29) is 17.2 Å². The third-order valence-electron chi connectivity index (χ3n) is 4.84. The number of hydrogen-bond donors (Lipinski definition) is 0. The summed E-state index contributed by atoms with van der Waals surface area (Å²) in [6, 6.07) is 8.28. The number of methoxy groups -OCH3 is 2. The maximum absolute atomic E-state index is 12.7. The van der Waals surface area contributed by atoms with Gasteiger partial charge in [-0.1, -0.05) is 28.1 Å². The van der Waals surface area contributed by atoms with Crippen LogP contribution in [-0.2, 0) is 20.9 Å². The molecule has 0 bridgehead atoms. The second-order valence-electron chi connectivity index (χ2n) is 6.99. The molecule has 2 amide bonds. The number of halogens is 1. The van der Waals surface area contributed by atoms with Crippen LogP contribution in [0.3, 0.4) is 0 Å². The van der Waals surface area contributed by atoms with Crippen molar-refractivity contribution >= 4 is 56.6 Å². The quantitative estimate of drug-likeness (QED) is 0.201. The number of ether oxygens (including phenoxy) is 3. The maximum Gasteiger partial charge on any atom is 0.328 e. The van der Waals surface area contributed by atoms with Crippen LogP contribution in [0.1, 0.15) is 18.1 Å². The molecule has 0 N–H and O–H groups in total. The first-order valence-corrected chi connectivity index (χ1v) is 11.4. The summed E-state index contributed by atoms with van der Waals surface area (Å²) >= 11 is 4.14. The van der Waals surface area contributed by atoms with Crippen LogP contribution in [-0.4, -0.2) is 47.2 Å². The molecule has 2 aromatic rings. The molecule has 12 heteroatoms. The monoisotopic (exact) mass is 550 g/mol. The van der Waals surface area contributed by atoms with E-state index in [4.69, 9.17) is 9.47 Å². The first kappa shape index (κ1) is 25.2. The Hall–Kier alpha value is -3.38. The molecule has 0 aliphatic carbocycles. The number of carbonyl (C=O) groups excluding carboxylic acids is 3. The largest absolute Gasteiger partial charge is 0.493 e. The maximum atomic E-state index is 12.7. The van der Waals surface area contributed by atoms with E-state index >= 15 is 0 Å². The number of thioether (sulfide) groups is 1. The number of imide groups is 1. The average Bonchev–Trinajstić information content (AvgIpc) is 3.10. The number of non-ortho nitro benzene ring substituents is 1. The number of amides is 2. The van der Waals surface area contributed by atoms with Crippen molar-refractivity contribution < 1.29 is 33.5 Å². The second kappa shape index (κ2) is 10.7. The Morgan fingerprint density at radius 2 is 1.97 bits per heavy atom. The Morgan fingerprint density at radius 3 is 2.62 bits per heavy atom. The Balaban J connectivity index is 1.83. The van der Waals surface area contributed by atoms with E-state index in [1.807, 2.05) is 0 Å². The molecule has 1 fully saturated rings. The minimum Gasteiger partial charge on any atom is -0.493 e. The Kier molecular flexibility index (Phi) is 7.94. The van der Waals surface area contributed by atoms with Gasteiger partial charge in [0, 0.05) is 16.6 Å². The summed E-state index contributed by atoms with van der Waals surface area (Å²) in [5, 5.41) is 10.4. The lowest BCUT2D eigenvalue weighted by Gasteiger charge is -2.18. The Morgan fingerprint density at radius 1 is 1.24 bits per heavy atom. The topological polar surface area (TPSA) is 125 Å². The van der Waals surface area contributed by atoms with E-state index in [1.54, 1.807) is 24.3 Å². The molecule has 0 spiro atoms. The van der Waals surface area contributed by atoms with Crippen molar-refractivity contribution in [2.45, 2.75) is 19.6 Å². The molecule has 0 saturated carbocycles. The van der Waals surface area contributed by atoms with Crippen molar-refractivity contribution in [2.24, 2.45) is 0 Å². The summed E-state index contributed by atoms with van der Waals surface area (Å²) < 4.78 is 16.4. The number of carbonyl (C=O) groups is 3. The Labute approximate surface area is 207 Å². The van der Waals surface area contributed by atoms with E-state index in [0.717, 1.165) is 4.90 Å². The number of benzene rings is 2. The molecule has 3 rings (SSSR count). The van der Waals surface area contributed by atoms with Crippen molar-refractivity contribution in [2.75, 3.05) is 14.2 Å². The summed E-state index contributed by atoms with van der Waals surface area (Å²) in [6.45, 7) is 1.48. The van der Waals surface area contributed by atoms with Crippen LogP contribution in [0.15, 0.2) is 45.8 Å². The lowest BCUT2D eigenvalue weighted by Crippen LogP contribution is -2.42. The third-order valence-corrected chi connectivity index (χ3v) is 6.41. The van der Waals surface area contributed by atoms with Crippen molar-refractivity contribution in [1.82, 2.24) is 4.90 Å². The van der Waals surface area contributed by atoms with Crippen molar-refractivity contribution in [3.63, 3.8) is 0 Å². The summed E-state index contributed by atoms with van der Waals surface area (Å²) in [7, 11) is 2.62. The van der Waals surface area contributed by atoms with E-state index in [1.165, 1.54) is 39.4 Å². The van der Waals surface area contributed by atoms with Gasteiger partial charge in [-0.15, -0.1) is 0 Å². The minimum atomic E-state index is -1.05. The van der Waals surface area contributed by atoms with Crippen molar-refractivity contribution in [3.8, 4) is 11.5 Å². The second-order valence-corrected chi connectivity index (χ2v) is 8.84. The van der Waals surface area contributed by atoms with Crippen LogP contribution in [0, 0.1) is 10.1 Å². The SMILES string of the molecule is COC(=O)[C@@H](C)N1C(=O)S/C(=C/c2cc(OC)c(OCc3cccc([N+](=O)[O-])c3)cc2Br)C1=O. The molecule has 1 aliphatic heterocycles. The molecule has 0 unspecified atom stereocenters. The highest BCUT2D eigenvalue weighted by Gasteiger charge is 2.41. The third kappa shape index (κ3) is 5.39. The molecular weight excluding hydrogens is 532 g/mol. The standard InChI is InChI=1S/C22H19BrN2O8S/c1-12(21(27)32-3)24-20(26)19(34-22(24)28)9-14-8-17(31-2)18(10-16(14)23)33-11-13-5-4-6-15(7-13)25(29)30/h4-10,12H,11H2,1-3H3/b19-9+/t12-/m1/s1. The zero-order chi connectivity index (χ0) is 25.0. The van der Waals surface area contributed by atoms with Gasteiger partial charge in [0.15, 0.2) is 11.5 Å². The van der Waals surface area contributed by atoms with Crippen LogP contribution >= 0.6 is 27.7 Å². The average molecular weight is 551 g/mol. The molecule has 0 aromatic heterocycles. The van der Waals surface area contributed by atoms with Gasteiger partial charge >= 0.3 is 5.97 Å². The number of nitro groups is 1. The van der Waals surface area contributed by atoms with Gasteiger partial charge in [0.1, 0.15) is 12.6 Å². The van der Waals surface area contributed by atoms with Crippen LogP contribution in [0.2, 0.25) is 0 Å². The predicted molar refractivity (Wildman–Crippen MR) is 127 cm³/mol. The molecule has 1 atom stereocenters. The molecular formula is C22H19BrN2O8S. The van der Waals surface area contributed by atoms with Gasteiger partial charge in [0.25, 0.3) is 16.8 Å². The van der Waals surface area contributed by atoms with E-state index in [2.05, 4.69) is 20.7 Å². The number of hydrogen-bond acceptors (Lipinski definition) is 9. The Bertz CT molecular complexity index is 1200. The molecule has 1 heterocycles. The smallest absolute Gasteiger partial charge is 0.328 e. The first-order chi connectivity index (χ1) is 16.2. The van der Waals surface area contributed by atoms with Gasteiger partial charge < -0.3 is 14.2 Å². The van der Waals surface area contributed by atoms with Gasteiger partial charge in [-0.3, -0.25) is 24.6 Å². The van der Waals surface area contributed by atoms with E-state index < -0.39 is 28.1 Å². The minimum absolute atomic E-state index is 0.0416. The normalized spacial score (nSPS) is 15.4. The van der Waals surface area contributed by atoms with Gasteiger partial charge in [-0.25, -0.2) is 4.79 Å². The molecule has 0 radical (unpaired) electrons. The first-order valence-electron chi connectivity index (χ1n) is 9.74. The number of nitrogens with zero attached hydrogens (tertiary/aromatic N) is 2. The predicted octanol–water partition coefficient (Wildman–Crippen LogP) is 4.54. The molecule has 1 aliphatic rings. The molecule has 1 saturated heterocycles. The fourth-order valence-electron chi connectivity index (χ4n) is 3.09. The zero-order valence-electron chi connectivity index (χ0n) is 18.3. The van der Waals surface area contributed by atoms with Gasteiger partial charge in [0.05, 0.1) is 24.0 Å².